The van der Waals surface area contributed by atoms with Gasteiger partial charge in [0, 0.05) is 18.3 Å². The fraction of sp³-hybridized carbons (Fsp3) is 0.450. The van der Waals surface area contributed by atoms with Crippen molar-refractivity contribution in [3.8, 4) is 5.75 Å². The Morgan fingerprint density at radius 3 is 2.69 bits per heavy atom. The number of ether oxygens (including phenoxy) is 3. The number of anilines is 1. The second kappa shape index (κ2) is 7.29. The van der Waals surface area contributed by atoms with Crippen LogP contribution < -0.4 is 10.1 Å². The number of rotatable bonds is 5. The van der Waals surface area contributed by atoms with Crippen LogP contribution in [0.5, 0.6) is 5.75 Å². The highest BCUT2D eigenvalue weighted by atomic mass is 32.1. The summed E-state index contributed by atoms with van der Waals surface area (Å²) >= 11 is 1.36. The van der Waals surface area contributed by atoms with Crippen molar-refractivity contribution in [3.63, 3.8) is 0 Å². The zero-order chi connectivity index (χ0) is 18.9. The molecule has 0 fully saturated rings. The van der Waals surface area contributed by atoms with Crippen molar-refractivity contribution >= 4 is 23.0 Å². The molecule has 2 aromatic rings. The second-order valence-electron chi connectivity index (χ2n) is 7.12. The summed E-state index contributed by atoms with van der Waals surface area (Å²) in [6.45, 7) is 7.79. The first-order valence-electron chi connectivity index (χ1n) is 8.72. The Labute approximate surface area is 158 Å². The van der Waals surface area contributed by atoms with Crippen molar-refractivity contribution in [2.45, 2.75) is 51.6 Å². The minimum atomic E-state index is -0.722. The van der Waals surface area contributed by atoms with Crippen LogP contribution in [0.4, 0.5) is 5.69 Å². The van der Waals surface area contributed by atoms with Crippen LogP contribution in [0.2, 0.25) is 0 Å². The first-order chi connectivity index (χ1) is 12.3. The largest absolute Gasteiger partial charge is 0.483 e. The summed E-state index contributed by atoms with van der Waals surface area (Å²) in [6.07, 6.45) is -1.01. The summed E-state index contributed by atoms with van der Waals surface area (Å²) in [5, 5.41) is 4.99. The molecule has 0 spiro atoms. The van der Waals surface area contributed by atoms with Crippen LogP contribution in [0.25, 0.3) is 0 Å². The van der Waals surface area contributed by atoms with Crippen LogP contribution in [0.1, 0.15) is 49.0 Å². The fourth-order valence-corrected chi connectivity index (χ4v) is 3.70. The standard InChI is InChI=1S/C20H25NO4S/c1-12(2)23-17-14-11-13(21-5)8-9-15(14)25-20(3,4)18(17)24-19(22)16-7-6-10-26-16/h6-12,17-18,21H,1-5H3. The summed E-state index contributed by atoms with van der Waals surface area (Å²) in [5.74, 6) is 0.398. The molecule has 1 aliphatic rings. The lowest BCUT2D eigenvalue weighted by Crippen LogP contribution is -2.52. The highest BCUT2D eigenvalue weighted by molar-refractivity contribution is 7.11. The highest BCUT2D eigenvalue weighted by Crippen LogP contribution is 2.45. The Morgan fingerprint density at radius 2 is 2.08 bits per heavy atom. The van der Waals surface area contributed by atoms with Gasteiger partial charge in [-0.2, -0.15) is 0 Å². The number of hydrogen-bond acceptors (Lipinski definition) is 6. The third-order valence-electron chi connectivity index (χ3n) is 4.31. The van der Waals surface area contributed by atoms with Gasteiger partial charge < -0.3 is 19.5 Å². The van der Waals surface area contributed by atoms with E-state index in [1.807, 2.05) is 64.4 Å². The van der Waals surface area contributed by atoms with E-state index in [0.29, 0.717) is 4.88 Å². The van der Waals surface area contributed by atoms with Gasteiger partial charge in [-0.25, -0.2) is 4.79 Å². The zero-order valence-corrected chi connectivity index (χ0v) is 16.6. The maximum atomic E-state index is 12.6. The summed E-state index contributed by atoms with van der Waals surface area (Å²) in [4.78, 5) is 13.2. The second-order valence-corrected chi connectivity index (χ2v) is 8.06. The number of carbonyl (C=O) groups excluding carboxylic acids is 1. The third kappa shape index (κ3) is 3.71. The first kappa shape index (κ1) is 18.7. The van der Waals surface area contributed by atoms with Gasteiger partial charge in [0.1, 0.15) is 22.3 Å². The van der Waals surface area contributed by atoms with Crippen molar-refractivity contribution < 1.29 is 19.0 Å². The molecule has 5 nitrogen and oxygen atoms in total. The average Bonchev–Trinajstić information content (AvgIpc) is 3.11. The Kier molecular flexibility index (Phi) is 5.25. The first-order valence-corrected chi connectivity index (χ1v) is 9.60. The Hall–Kier alpha value is -2.05. The minimum absolute atomic E-state index is 0.0251. The Balaban J connectivity index is 2.00. The molecular formula is C20H25NO4S. The minimum Gasteiger partial charge on any atom is -0.483 e. The monoisotopic (exact) mass is 375 g/mol. The smallest absolute Gasteiger partial charge is 0.348 e. The van der Waals surface area contributed by atoms with Gasteiger partial charge in [0.05, 0.1) is 6.10 Å². The van der Waals surface area contributed by atoms with Gasteiger partial charge in [0.25, 0.3) is 0 Å². The molecule has 0 saturated carbocycles. The fourth-order valence-electron chi connectivity index (χ4n) is 3.10. The molecule has 1 aromatic carbocycles. The van der Waals surface area contributed by atoms with Crippen LogP contribution in [0.3, 0.4) is 0 Å². The quantitative estimate of drug-likeness (QED) is 0.771. The summed E-state index contributed by atoms with van der Waals surface area (Å²) in [7, 11) is 1.86. The van der Waals surface area contributed by atoms with Crippen molar-refractivity contribution in [2.24, 2.45) is 0 Å². The number of esters is 1. The van der Waals surface area contributed by atoms with Crippen LogP contribution in [0, 0.1) is 0 Å². The Bertz CT molecular complexity index is 770. The molecule has 26 heavy (non-hydrogen) atoms. The van der Waals surface area contributed by atoms with E-state index in [2.05, 4.69) is 5.32 Å². The molecule has 0 aliphatic carbocycles. The lowest BCUT2D eigenvalue weighted by atomic mass is 9.87. The lowest BCUT2D eigenvalue weighted by Gasteiger charge is -2.44. The molecule has 2 unspecified atom stereocenters. The van der Waals surface area contributed by atoms with E-state index < -0.39 is 17.8 Å². The van der Waals surface area contributed by atoms with Crippen LogP contribution in [-0.2, 0) is 9.47 Å². The number of thiophene rings is 1. The predicted molar refractivity (Wildman–Crippen MR) is 103 cm³/mol. The molecule has 3 rings (SSSR count). The number of carbonyl (C=O) groups is 1. The van der Waals surface area contributed by atoms with Crippen molar-refractivity contribution in [1.29, 1.82) is 0 Å². The summed E-state index contributed by atoms with van der Waals surface area (Å²) in [6, 6.07) is 9.47. The van der Waals surface area contributed by atoms with Gasteiger partial charge in [-0.05, 0) is 57.3 Å². The molecular weight excluding hydrogens is 350 g/mol. The third-order valence-corrected chi connectivity index (χ3v) is 5.16. The molecule has 0 amide bonds. The van der Waals surface area contributed by atoms with Gasteiger partial charge in [-0.3, -0.25) is 0 Å². The summed E-state index contributed by atoms with van der Waals surface area (Å²) < 4.78 is 18.3. The number of nitrogens with one attached hydrogen (secondary N) is 1. The molecule has 1 N–H and O–H groups in total. The van der Waals surface area contributed by atoms with Crippen molar-refractivity contribution in [2.75, 3.05) is 12.4 Å². The van der Waals surface area contributed by atoms with Gasteiger partial charge in [-0.15, -0.1) is 11.3 Å². The van der Waals surface area contributed by atoms with E-state index in [1.165, 1.54) is 11.3 Å². The van der Waals surface area contributed by atoms with Crippen molar-refractivity contribution in [3.05, 3.63) is 46.2 Å². The predicted octanol–water partition coefficient (Wildman–Crippen LogP) is 4.65. The normalized spacial score (nSPS) is 21.0. The molecule has 1 aromatic heterocycles. The SMILES string of the molecule is CNc1ccc2c(c1)C(OC(C)C)C(OC(=O)c1cccs1)C(C)(C)O2. The number of benzene rings is 1. The maximum Gasteiger partial charge on any atom is 0.348 e. The topological polar surface area (TPSA) is 56.8 Å². The molecule has 2 atom stereocenters. The molecule has 1 aliphatic heterocycles. The van der Waals surface area contributed by atoms with E-state index in [9.17, 15) is 4.79 Å². The van der Waals surface area contributed by atoms with Gasteiger partial charge >= 0.3 is 5.97 Å². The van der Waals surface area contributed by atoms with Gasteiger partial charge in [0.2, 0.25) is 0 Å². The van der Waals surface area contributed by atoms with Crippen LogP contribution in [0.15, 0.2) is 35.7 Å². The van der Waals surface area contributed by atoms with E-state index in [4.69, 9.17) is 14.2 Å². The van der Waals surface area contributed by atoms with Crippen molar-refractivity contribution in [1.82, 2.24) is 0 Å². The molecule has 2 heterocycles. The molecule has 0 radical (unpaired) electrons. The summed E-state index contributed by atoms with van der Waals surface area (Å²) in [5.41, 5.74) is 1.11. The van der Waals surface area contributed by atoms with Crippen LogP contribution >= 0.6 is 11.3 Å². The molecule has 0 bridgehead atoms. The number of fused-ring (bicyclic) bond motifs is 1. The van der Waals surface area contributed by atoms with E-state index >= 15 is 0 Å². The molecule has 0 saturated heterocycles. The highest BCUT2D eigenvalue weighted by Gasteiger charge is 2.48. The maximum absolute atomic E-state index is 12.6. The molecule has 140 valence electrons. The Morgan fingerprint density at radius 1 is 1.31 bits per heavy atom. The van der Waals surface area contributed by atoms with Gasteiger partial charge in [-0.1, -0.05) is 6.07 Å². The van der Waals surface area contributed by atoms with E-state index in [0.717, 1.165) is 17.0 Å². The molecule has 6 heteroatoms. The van der Waals surface area contributed by atoms with E-state index in [-0.39, 0.29) is 12.1 Å². The number of hydrogen-bond donors (Lipinski definition) is 1. The average molecular weight is 375 g/mol. The van der Waals surface area contributed by atoms with E-state index in [1.54, 1.807) is 6.07 Å². The van der Waals surface area contributed by atoms with Gasteiger partial charge in [0.15, 0.2) is 6.10 Å². The van der Waals surface area contributed by atoms with Crippen LogP contribution in [-0.4, -0.2) is 30.8 Å². The lowest BCUT2D eigenvalue weighted by molar-refractivity contribution is -0.151. The zero-order valence-electron chi connectivity index (χ0n) is 15.7.